The van der Waals surface area contributed by atoms with Gasteiger partial charge in [-0.1, -0.05) is 37.1 Å². The molecule has 4 rings (SSSR count). The highest BCUT2D eigenvalue weighted by Crippen LogP contribution is 2.50. The van der Waals surface area contributed by atoms with Crippen LogP contribution in [0.25, 0.3) is 0 Å². The van der Waals surface area contributed by atoms with Crippen LogP contribution in [0.5, 0.6) is 11.5 Å². The Kier molecular flexibility index (Phi) is 5.50. The van der Waals surface area contributed by atoms with Crippen molar-refractivity contribution in [3.8, 4) is 11.5 Å². The van der Waals surface area contributed by atoms with Crippen molar-refractivity contribution in [1.29, 1.82) is 0 Å². The molecule has 0 aromatic heterocycles. The average Bonchev–Trinajstić information content (AvgIpc) is 2.77. The Labute approximate surface area is 172 Å². The molecular formula is C24H29NO4. The lowest BCUT2D eigenvalue weighted by Gasteiger charge is -2.52. The number of hydrogen-bond acceptors (Lipinski definition) is 4. The molecule has 1 heterocycles. The minimum absolute atomic E-state index is 0.0250. The highest BCUT2D eigenvalue weighted by molar-refractivity contribution is 5.97. The number of rotatable bonds is 4. The van der Waals surface area contributed by atoms with Gasteiger partial charge >= 0.3 is 0 Å². The second kappa shape index (κ2) is 8.07. The first-order valence-corrected chi connectivity index (χ1v) is 10.4. The van der Waals surface area contributed by atoms with Crippen LogP contribution in [0.2, 0.25) is 0 Å². The third kappa shape index (κ3) is 3.60. The third-order valence-corrected chi connectivity index (χ3v) is 6.62. The number of piperidine rings is 1. The van der Waals surface area contributed by atoms with E-state index in [0.29, 0.717) is 24.3 Å². The first-order valence-electron chi connectivity index (χ1n) is 10.4. The van der Waals surface area contributed by atoms with E-state index in [0.717, 1.165) is 37.0 Å². The summed E-state index contributed by atoms with van der Waals surface area (Å²) in [6.07, 6.45) is 4.47. The van der Waals surface area contributed by atoms with Crippen LogP contribution in [0.3, 0.4) is 0 Å². The fraction of sp³-hybridized carbons (Fsp3) is 0.458. The quantitative estimate of drug-likeness (QED) is 0.842. The lowest BCUT2D eigenvalue weighted by Crippen LogP contribution is -2.56. The summed E-state index contributed by atoms with van der Waals surface area (Å²) in [5.41, 5.74) is 0.897. The molecule has 0 radical (unpaired) electrons. The van der Waals surface area contributed by atoms with Gasteiger partial charge in [-0.15, -0.1) is 0 Å². The Morgan fingerprint density at radius 2 is 1.79 bits per heavy atom. The van der Waals surface area contributed by atoms with Gasteiger partial charge in [0.2, 0.25) is 0 Å². The van der Waals surface area contributed by atoms with Crippen molar-refractivity contribution in [2.75, 3.05) is 20.8 Å². The number of aliphatic hydroxyl groups is 1. The van der Waals surface area contributed by atoms with Crippen molar-refractivity contribution < 1.29 is 19.4 Å². The van der Waals surface area contributed by atoms with Gasteiger partial charge in [-0.2, -0.15) is 0 Å². The number of benzene rings is 2. The van der Waals surface area contributed by atoms with Gasteiger partial charge < -0.3 is 19.5 Å². The van der Waals surface area contributed by atoms with E-state index < -0.39 is 5.60 Å². The predicted molar refractivity (Wildman–Crippen MR) is 111 cm³/mol. The zero-order valence-corrected chi connectivity index (χ0v) is 17.1. The van der Waals surface area contributed by atoms with Gasteiger partial charge in [-0.05, 0) is 49.1 Å². The SMILES string of the molecule is COc1ccc([C@H]2C3CCCCC3(O)CCN2C(=O)c2ccccc2OC)cc1. The normalized spacial score (nSPS) is 26.5. The van der Waals surface area contributed by atoms with E-state index in [9.17, 15) is 9.90 Å². The standard InChI is InChI=1S/C24H29NO4/c1-28-18-12-10-17(11-13-18)22-20-8-5-6-14-24(20,27)15-16-25(22)23(26)19-7-3-4-9-21(19)29-2/h3-4,7,9-13,20,22,27H,5-6,8,14-16H2,1-2H3/t20?,22-,24?/m0/s1. The Hall–Kier alpha value is -2.53. The number of ether oxygens (including phenoxy) is 2. The summed E-state index contributed by atoms with van der Waals surface area (Å²) in [6.45, 7) is 0.528. The summed E-state index contributed by atoms with van der Waals surface area (Å²) in [4.78, 5) is 15.5. The molecule has 0 spiro atoms. The fourth-order valence-corrected chi connectivity index (χ4v) is 5.10. The van der Waals surface area contributed by atoms with E-state index in [-0.39, 0.29) is 17.9 Å². The van der Waals surface area contributed by atoms with Crippen LogP contribution < -0.4 is 9.47 Å². The zero-order chi connectivity index (χ0) is 20.4. The van der Waals surface area contributed by atoms with Gasteiger partial charge in [-0.25, -0.2) is 0 Å². The minimum Gasteiger partial charge on any atom is -0.497 e. The Bertz CT molecular complexity index is 865. The molecule has 1 saturated heterocycles. The van der Waals surface area contributed by atoms with Crippen molar-refractivity contribution in [3.63, 3.8) is 0 Å². The molecule has 2 fully saturated rings. The number of methoxy groups -OCH3 is 2. The van der Waals surface area contributed by atoms with E-state index in [4.69, 9.17) is 9.47 Å². The molecule has 1 aliphatic heterocycles. The van der Waals surface area contributed by atoms with Crippen molar-refractivity contribution in [1.82, 2.24) is 4.90 Å². The molecule has 1 aliphatic carbocycles. The van der Waals surface area contributed by atoms with Crippen molar-refractivity contribution in [3.05, 3.63) is 59.7 Å². The molecule has 2 aromatic carbocycles. The molecule has 5 heteroatoms. The van der Waals surface area contributed by atoms with Crippen LogP contribution in [-0.2, 0) is 0 Å². The van der Waals surface area contributed by atoms with Gasteiger partial charge in [0.25, 0.3) is 5.91 Å². The molecule has 5 nitrogen and oxygen atoms in total. The van der Waals surface area contributed by atoms with Gasteiger partial charge in [0.1, 0.15) is 11.5 Å². The first-order chi connectivity index (χ1) is 14.1. The van der Waals surface area contributed by atoms with E-state index in [1.165, 1.54) is 0 Å². The number of carbonyl (C=O) groups is 1. The van der Waals surface area contributed by atoms with Crippen LogP contribution in [0.1, 0.15) is 54.1 Å². The number of carbonyl (C=O) groups excluding carboxylic acids is 1. The summed E-state index contributed by atoms with van der Waals surface area (Å²) in [5.74, 6) is 1.34. The predicted octanol–water partition coefficient (Wildman–Crippen LogP) is 4.21. The molecule has 29 heavy (non-hydrogen) atoms. The Morgan fingerprint density at radius 1 is 1.03 bits per heavy atom. The molecule has 2 aromatic rings. The van der Waals surface area contributed by atoms with Gasteiger partial charge in [0.15, 0.2) is 0 Å². The van der Waals surface area contributed by atoms with Crippen molar-refractivity contribution >= 4 is 5.91 Å². The maximum Gasteiger partial charge on any atom is 0.258 e. The summed E-state index contributed by atoms with van der Waals surface area (Å²) >= 11 is 0. The lowest BCUT2D eigenvalue weighted by atomic mass is 9.66. The highest BCUT2D eigenvalue weighted by Gasteiger charge is 2.50. The summed E-state index contributed by atoms with van der Waals surface area (Å²) in [7, 11) is 3.23. The van der Waals surface area contributed by atoms with E-state index in [1.807, 2.05) is 53.4 Å². The van der Waals surface area contributed by atoms with E-state index >= 15 is 0 Å². The first kappa shape index (κ1) is 19.8. The molecule has 2 aliphatic rings. The smallest absolute Gasteiger partial charge is 0.258 e. The second-order valence-electron chi connectivity index (χ2n) is 8.12. The Balaban J connectivity index is 1.75. The Morgan fingerprint density at radius 3 is 2.52 bits per heavy atom. The molecule has 0 bridgehead atoms. The molecule has 1 amide bonds. The maximum atomic E-state index is 13.6. The molecule has 154 valence electrons. The van der Waals surface area contributed by atoms with E-state index in [2.05, 4.69) is 0 Å². The lowest BCUT2D eigenvalue weighted by molar-refractivity contribution is -0.115. The molecule has 2 unspecified atom stereocenters. The summed E-state index contributed by atoms with van der Waals surface area (Å²) < 4.78 is 10.8. The monoisotopic (exact) mass is 395 g/mol. The number of para-hydroxylation sites is 1. The number of likely N-dealkylation sites (tertiary alicyclic amines) is 1. The largest absolute Gasteiger partial charge is 0.497 e. The fourth-order valence-electron chi connectivity index (χ4n) is 5.10. The van der Waals surface area contributed by atoms with Crippen LogP contribution in [0.4, 0.5) is 0 Å². The van der Waals surface area contributed by atoms with Gasteiger partial charge in [0.05, 0.1) is 31.4 Å². The minimum atomic E-state index is -0.708. The van der Waals surface area contributed by atoms with Crippen LogP contribution in [-0.4, -0.2) is 42.3 Å². The maximum absolute atomic E-state index is 13.6. The van der Waals surface area contributed by atoms with Crippen LogP contribution in [0, 0.1) is 5.92 Å². The van der Waals surface area contributed by atoms with Crippen molar-refractivity contribution in [2.45, 2.75) is 43.7 Å². The zero-order valence-electron chi connectivity index (χ0n) is 17.1. The number of hydrogen-bond donors (Lipinski definition) is 1. The molecule has 1 saturated carbocycles. The molecule has 1 N–H and O–H groups in total. The van der Waals surface area contributed by atoms with Crippen LogP contribution >= 0.6 is 0 Å². The highest BCUT2D eigenvalue weighted by atomic mass is 16.5. The number of nitrogens with zero attached hydrogens (tertiary/aromatic N) is 1. The number of amides is 1. The average molecular weight is 395 g/mol. The molecule has 3 atom stereocenters. The number of fused-ring (bicyclic) bond motifs is 1. The van der Waals surface area contributed by atoms with Crippen LogP contribution in [0.15, 0.2) is 48.5 Å². The summed E-state index contributed by atoms with van der Waals surface area (Å²) in [5, 5.41) is 11.4. The molecular weight excluding hydrogens is 366 g/mol. The van der Waals surface area contributed by atoms with Crippen molar-refractivity contribution in [2.24, 2.45) is 5.92 Å². The van der Waals surface area contributed by atoms with Gasteiger partial charge in [-0.3, -0.25) is 4.79 Å². The summed E-state index contributed by atoms with van der Waals surface area (Å²) in [6, 6.07) is 15.1. The van der Waals surface area contributed by atoms with Gasteiger partial charge in [0, 0.05) is 12.5 Å². The third-order valence-electron chi connectivity index (χ3n) is 6.62. The topological polar surface area (TPSA) is 59.0 Å². The van der Waals surface area contributed by atoms with E-state index in [1.54, 1.807) is 14.2 Å². The second-order valence-corrected chi connectivity index (χ2v) is 8.12.